The van der Waals surface area contributed by atoms with Gasteiger partial charge in [0.05, 0.1) is 11.0 Å². The zero-order valence-electron chi connectivity index (χ0n) is 33.7. The van der Waals surface area contributed by atoms with Gasteiger partial charge in [-0.3, -0.25) is 0 Å². The van der Waals surface area contributed by atoms with Gasteiger partial charge in [-0.05, 0) is 146 Å². The molecule has 0 radical (unpaired) electrons. The Bertz CT molecular complexity index is 2920. The quantitative estimate of drug-likeness (QED) is 0.138. The highest BCUT2D eigenvalue weighted by molar-refractivity contribution is 6.13. The van der Waals surface area contributed by atoms with Crippen LogP contribution < -0.4 is 14.7 Å². The molecule has 0 aliphatic rings. The molecule has 4 nitrogen and oxygen atoms in total. The fourth-order valence-electron chi connectivity index (χ4n) is 8.67. The monoisotopic (exact) mass is 772 g/mol. The zero-order valence-corrected chi connectivity index (χ0v) is 33.7. The third-order valence-corrected chi connectivity index (χ3v) is 11.3. The minimum atomic E-state index is 1.10. The average molecular weight is 773 g/mol. The van der Waals surface area contributed by atoms with Crippen molar-refractivity contribution >= 4 is 73.0 Å². The number of anilines is 9. The minimum absolute atomic E-state index is 1.10. The molecular weight excluding hydrogens is 729 g/mol. The fourth-order valence-corrected chi connectivity index (χ4v) is 8.67. The minimum Gasteiger partial charge on any atom is -0.310 e. The molecule has 0 saturated carbocycles. The van der Waals surface area contributed by atoms with Crippen molar-refractivity contribution in [2.75, 3.05) is 14.7 Å². The van der Waals surface area contributed by atoms with Gasteiger partial charge in [0.25, 0.3) is 0 Å². The Morgan fingerprint density at radius 2 is 0.617 bits per heavy atom. The molecule has 0 aliphatic heterocycles. The molecular formula is C56H44N4. The van der Waals surface area contributed by atoms with Gasteiger partial charge >= 0.3 is 0 Å². The molecule has 0 fully saturated rings. The fraction of sp³-hybridized carbons (Fsp3) is 0.0357. The first-order valence-corrected chi connectivity index (χ1v) is 20.5. The second-order valence-corrected chi connectivity index (χ2v) is 15.2. The summed E-state index contributed by atoms with van der Waals surface area (Å²) < 4.78 is 2.48. The summed E-state index contributed by atoms with van der Waals surface area (Å²) in [7, 11) is 0. The maximum absolute atomic E-state index is 2.48. The predicted molar refractivity (Wildman–Crippen MR) is 254 cm³/mol. The lowest BCUT2D eigenvalue weighted by atomic mass is 10.1. The Hall–Kier alpha value is -7.82. The Morgan fingerprint density at radius 3 is 1.02 bits per heavy atom. The van der Waals surface area contributed by atoms with Crippen molar-refractivity contribution in [2.24, 2.45) is 0 Å². The maximum Gasteiger partial charge on any atom is 0.0571 e. The van der Waals surface area contributed by atoms with E-state index in [9.17, 15) is 0 Å². The van der Waals surface area contributed by atoms with Crippen LogP contribution in [0.5, 0.6) is 0 Å². The second-order valence-electron chi connectivity index (χ2n) is 15.2. The zero-order chi connectivity index (χ0) is 40.4. The van der Waals surface area contributed by atoms with Crippen LogP contribution in [-0.4, -0.2) is 4.57 Å². The number of aryl methyl sites for hydroxylation is 2. The molecule has 0 saturated heterocycles. The number of fused-ring (bicyclic) bond motifs is 3. The molecule has 9 aromatic carbocycles. The molecule has 1 aromatic heterocycles. The van der Waals surface area contributed by atoms with Gasteiger partial charge in [0.1, 0.15) is 0 Å². The van der Waals surface area contributed by atoms with E-state index >= 15 is 0 Å². The van der Waals surface area contributed by atoms with Gasteiger partial charge in [-0.15, -0.1) is 0 Å². The van der Waals surface area contributed by atoms with Crippen LogP contribution in [0, 0.1) is 13.8 Å². The molecule has 10 aromatic rings. The van der Waals surface area contributed by atoms with Crippen LogP contribution >= 0.6 is 0 Å². The van der Waals surface area contributed by atoms with Gasteiger partial charge in [-0.1, -0.05) is 109 Å². The Morgan fingerprint density at radius 1 is 0.283 bits per heavy atom. The first kappa shape index (κ1) is 36.5. The highest BCUT2D eigenvalue weighted by atomic mass is 15.2. The van der Waals surface area contributed by atoms with Crippen LogP contribution in [0.3, 0.4) is 0 Å². The highest BCUT2D eigenvalue weighted by Crippen LogP contribution is 2.45. The van der Waals surface area contributed by atoms with E-state index in [1.165, 1.54) is 27.4 Å². The van der Waals surface area contributed by atoms with E-state index in [2.05, 4.69) is 264 Å². The summed E-state index contributed by atoms with van der Waals surface area (Å²) in [5.41, 5.74) is 15.9. The maximum atomic E-state index is 2.48. The molecule has 10 rings (SSSR count). The molecule has 0 aliphatic carbocycles. The van der Waals surface area contributed by atoms with E-state index in [1.54, 1.807) is 0 Å². The number of hydrogen-bond donors (Lipinski definition) is 0. The van der Waals surface area contributed by atoms with E-state index in [1.807, 2.05) is 0 Å². The molecule has 0 amide bonds. The van der Waals surface area contributed by atoms with Crippen molar-refractivity contribution < 1.29 is 0 Å². The lowest BCUT2D eigenvalue weighted by molar-refractivity contribution is 1.13. The number of benzene rings is 9. The first-order chi connectivity index (χ1) is 29.6. The van der Waals surface area contributed by atoms with Crippen LogP contribution in [0.15, 0.2) is 231 Å². The molecule has 0 spiro atoms. The standard InChI is InChI=1S/C56H44N4/c1-41-37-49(57(43-21-9-3-10-22-43)44-23-11-4-12-24-44)33-35-54(41)60-55-36-34-50(58(45-25-13-5-14-26-45)46-27-15-6-16-28-46)39-52(55)53-40-51(38-42(2)56(53)60)59(47-29-17-7-18-30-47)48-31-19-8-20-32-48/h3-40H,1-2H3. The van der Waals surface area contributed by atoms with Crippen LogP contribution in [-0.2, 0) is 0 Å². The van der Waals surface area contributed by atoms with Crippen molar-refractivity contribution in [2.45, 2.75) is 13.8 Å². The smallest absolute Gasteiger partial charge is 0.0571 e. The lowest BCUT2D eigenvalue weighted by Crippen LogP contribution is -2.11. The number of para-hydroxylation sites is 6. The number of aromatic nitrogens is 1. The van der Waals surface area contributed by atoms with Crippen LogP contribution in [0.2, 0.25) is 0 Å². The van der Waals surface area contributed by atoms with Crippen molar-refractivity contribution in [1.29, 1.82) is 0 Å². The third kappa shape index (κ3) is 6.74. The van der Waals surface area contributed by atoms with Gasteiger partial charge in [0.2, 0.25) is 0 Å². The summed E-state index contributed by atoms with van der Waals surface area (Å²) in [6.45, 7) is 4.49. The van der Waals surface area contributed by atoms with E-state index in [0.717, 1.165) is 62.4 Å². The van der Waals surface area contributed by atoms with E-state index in [4.69, 9.17) is 0 Å². The highest BCUT2D eigenvalue weighted by Gasteiger charge is 2.23. The third-order valence-electron chi connectivity index (χ3n) is 11.3. The summed E-state index contributed by atoms with van der Waals surface area (Å²) >= 11 is 0. The van der Waals surface area contributed by atoms with Crippen LogP contribution in [0.4, 0.5) is 51.2 Å². The summed E-state index contributed by atoms with van der Waals surface area (Å²) in [4.78, 5) is 7.04. The lowest BCUT2D eigenvalue weighted by Gasteiger charge is -2.27. The molecule has 60 heavy (non-hydrogen) atoms. The normalized spacial score (nSPS) is 11.2. The largest absolute Gasteiger partial charge is 0.310 e. The first-order valence-electron chi connectivity index (χ1n) is 20.5. The van der Waals surface area contributed by atoms with E-state index in [0.29, 0.717) is 0 Å². The Labute approximate surface area is 352 Å². The summed E-state index contributed by atoms with van der Waals surface area (Å²) in [6.07, 6.45) is 0. The number of nitrogens with zero attached hydrogens (tertiary/aromatic N) is 4. The molecule has 4 heteroatoms. The molecule has 0 unspecified atom stereocenters. The Balaban J connectivity index is 1.21. The second kappa shape index (κ2) is 15.8. The molecule has 288 valence electrons. The predicted octanol–water partition coefficient (Wildman–Crippen LogP) is 15.8. The molecule has 0 N–H and O–H groups in total. The van der Waals surface area contributed by atoms with Crippen molar-refractivity contribution in [3.05, 3.63) is 242 Å². The SMILES string of the molecule is Cc1cc(N(c2ccccc2)c2ccccc2)ccc1-n1c2ccc(N(c3ccccc3)c3ccccc3)cc2c2cc(N(c3ccccc3)c3ccccc3)cc(C)c21. The molecule has 1 heterocycles. The van der Waals surface area contributed by atoms with E-state index < -0.39 is 0 Å². The van der Waals surface area contributed by atoms with Gasteiger partial charge in [0, 0.05) is 67.6 Å². The van der Waals surface area contributed by atoms with Gasteiger partial charge in [-0.25, -0.2) is 0 Å². The van der Waals surface area contributed by atoms with Crippen molar-refractivity contribution in [3.8, 4) is 5.69 Å². The summed E-state index contributed by atoms with van der Waals surface area (Å²) in [5.74, 6) is 0. The van der Waals surface area contributed by atoms with Crippen LogP contribution in [0.1, 0.15) is 11.1 Å². The number of rotatable bonds is 10. The van der Waals surface area contributed by atoms with E-state index in [-0.39, 0.29) is 0 Å². The summed E-state index contributed by atoms with van der Waals surface area (Å²) in [6, 6.07) is 82.4. The molecule has 0 bridgehead atoms. The molecule has 0 atom stereocenters. The van der Waals surface area contributed by atoms with Crippen molar-refractivity contribution in [3.63, 3.8) is 0 Å². The average Bonchev–Trinajstić information content (AvgIpc) is 3.63. The topological polar surface area (TPSA) is 14.7 Å². The van der Waals surface area contributed by atoms with Crippen LogP contribution in [0.25, 0.3) is 27.5 Å². The Kier molecular flexibility index (Phi) is 9.64. The summed E-state index contributed by atoms with van der Waals surface area (Å²) in [5, 5.41) is 2.38. The van der Waals surface area contributed by atoms with Gasteiger partial charge in [-0.2, -0.15) is 0 Å². The van der Waals surface area contributed by atoms with Gasteiger partial charge in [0.15, 0.2) is 0 Å². The van der Waals surface area contributed by atoms with Crippen molar-refractivity contribution in [1.82, 2.24) is 4.57 Å². The number of hydrogen-bond acceptors (Lipinski definition) is 3. The van der Waals surface area contributed by atoms with Gasteiger partial charge < -0.3 is 19.3 Å².